The molecule has 0 atom stereocenters. The van der Waals surface area contributed by atoms with Gasteiger partial charge in [-0.05, 0) is 32.0 Å². The van der Waals surface area contributed by atoms with E-state index in [1.54, 1.807) is 6.92 Å². The zero-order valence-corrected chi connectivity index (χ0v) is 15.4. The summed E-state index contributed by atoms with van der Waals surface area (Å²) in [5, 5.41) is 5.95. The second kappa shape index (κ2) is 9.03. The summed E-state index contributed by atoms with van der Waals surface area (Å²) in [4.78, 5) is 37.7. The monoisotopic (exact) mass is 359 g/mol. The Morgan fingerprint density at radius 3 is 2.38 bits per heavy atom. The third-order valence-corrected chi connectivity index (χ3v) is 4.15. The Hall–Kier alpha value is -2.83. The Labute approximate surface area is 152 Å². The van der Waals surface area contributed by atoms with Crippen molar-refractivity contribution in [1.82, 2.24) is 10.6 Å². The van der Waals surface area contributed by atoms with E-state index >= 15 is 0 Å². The van der Waals surface area contributed by atoms with Crippen LogP contribution in [-0.2, 0) is 4.79 Å². The smallest absolute Gasteiger partial charge is 0.349 e. The Morgan fingerprint density at radius 2 is 1.73 bits per heavy atom. The zero-order chi connectivity index (χ0) is 19.1. The largest absolute Gasteiger partial charge is 0.422 e. The lowest BCUT2D eigenvalue weighted by Crippen LogP contribution is -2.36. The maximum atomic E-state index is 12.2. The second-order valence-electron chi connectivity index (χ2n) is 5.80. The van der Waals surface area contributed by atoms with Crippen molar-refractivity contribution in [2.24, 2.45) is 0 Å². The number of carbonyl (C=O) groups is 2. The minimum absolute atomic E-state index is 0.0464. The molecule has 2 amide bonds. The standard InChI is InChI=1S/C19H25N3O4/c1-4-17(23)20-9-10-21-18(24)15-11-13-7-8-14(22(5-2)6-3)12-16(13)26-19(15)25/h7-8,11-12H,4-6,9-10H2,1-3H3,(H,20,23)(H,21,24). The molecular formula is C19H25N3O4. The summed E-state index contributed by atoms with van der Waals surface area (Å²) in [5.41, 5.74) is 0.694. The van der Waals surface area contributed by atoms with Gasteiger partial charge in [-0.1, -0.05) is 6.92 Å². The molecule has 0 unspecified atom stereocenters. The quantitative estimate of drug-likeness (QED) is 0.555. The lowest BCUT2D eigenvalue weighted by atomic mass is 10.1. The number of nitrogens with zero attached hydrogens (tertiary/aromatic N) is 1. The van der Waals surface area contributed by atoms with Crippen molar-refractivity contribution in [3.05, 3.63) is 40.2 Å². The Balaban J connectivity index is 2.15. The van der Waals surface area contributed by atoms with Crippen molar-refractivity contribution in [3.63, 3.8) is 0 Å². The minimum atomic E-state index is -0.677. The maximum Gasteiger partial charge on any atom is 0.349 e. The van der Waals surface area contributed by atoms with Gasteiger partial charge < -0.3 is 20.0 Å². The summed E-state index contributed by atoms with van der Waals surface area (Å²) in [6.07, 6.45) is 0.387. The van der Waals surface area contributed by atoms with E-state index in [0.29, 0.717) is 23.9 Å². The molecule has 1 aromatic carbocycles. The first-order valence-electron chi connectivity index (χ1n) is 8.87. The summed E-state index contributed by atoms with van der Waals surface area (Å²) in [7, 11) is 0. The van der Waals surface area contributed by atoms with Gasteiger partial charge in [-0.25, -0.2) is 4.79 Å². The third-order valence-electron chi connectivity index (χ3n) is 4.15. The van der Waals surface area contributed by atoms with Crippen LogP contribution in [0.2, 0.25) is 0 Å². The van der Waals surface area contributed by atoms with Crippen LogP contribution in [0, 0.1) is 0 Å². The van der Waals surface area contributed by atoms with Crippen LogP contribution in [0.15, 0.2) is 33.5 Å². The van der Waals surface area contributed by atoms with E-state index in [1.807, 2.05) is 18.2 Å². The average molecular weight is 359 g/mol. The van der Waals surface area contributed by atoms with Crippen LogP contribution in [0.4, 0.5) is 5.69 Å². The van der Waals surface area contributed by atoms with Gasteiger partial charge in [0.05, 0.1) is 0 Å². The maximum absolute atomic E-state index is 12.2. The topological polar surface area (TPSA) is 91.7 Å². The molecule has 0 spiro atoms. The fourth-order valence-corrected chi connectivity index (χ4v) is 2.64. The van der Waals surface area contributed by atoms with Gasteiger partial charge in [0, 0.05) is 49.7 Å². The first-order valence-corrected chi connectivity index (χ1v) is 8.87. The highest BCUT2D eigenvalue weighted by molar-refractivity contribution is 5.97. The van der Waals surface area contributed by atoms with Crippen molar-refractivity contribution in [1.29, 1.82) is 0 Å². The lowest BCUT2D eigenvalue weighted by Gasteiger charge is -2.21. The van der Waals surface area contributed by atoms with Crippen LogP contribution in [0.3, 0.4) is 0 Å². The number of benzene rings is 1. The number of rotatable bonds is 8. The van der Waals surface area contributed by atoms with E-state index in [4.69, 9.17) is 4.42 Å². The number of hydrogen-bond donors (Lipinski definition) is 2. The van der Waals surface area contributed by atoms with Gasteiger partial charge in [0.2, 0.25) is 5.91 Å². The van der Waals surface area contributed by atoms with Gasteiger partial charge in [-0.15, -0.1) is 0 Å². The molecule has 0 saturated carbocycles. The van der Waals surface area contributed by atoms with Crippen molar-refractivity contribution >= 4 is 28.5 Å². The summed E-state index contributed by atoms with van der Waals surface area (Å²) in [5.74, 6) is -0.604. The lowest BCUT2D eigenvalue weighted by molar-refractivity contribution is -0.120. The number of carbonyl (C=O) groups excluding carboxylic acids is 2. The molecule has 0 aliphatic carbocycles. The van der Waals surface area contributed by atoms with Crippen molar-refractivity contribution in [2.45, 2.75) is 27.2 Å². The molecule has 2 N–H and O–H groups in total. The Kier molecular flexibility index (Phi) is 6.77. The highest BCUT2D eigenvalue weighted by Gasteiger charge is 2.14. The minimum Gasteiger partial charge on any atom is -0.422 e. The number of fused-ring (bicyclic) bond motifs is 1. The SMILES string of the molecule is CCC(=O)NCCNC(=O)c1cc2ccc(N(CC)CC)cc2oc1=O. The van der Waals surface area contributed by atoms with Gasteiger partial charge in [-0.2, -0.15) is 0 Å². The van der Waals surface area contributed by atoms with E-state index in [0.717, 1.165) is 18.8 Å². The molecule has 0 fully saturated rings. The molecule has 1 aromatic heterocycles. The van der Waals surface area contributed by atoms with Gasteiger partial charge in [0.25, 0.3) is 5.91 Å². The molecule has 0 aliphatic heterocycles. The molecule has 2 rings (SSSR count). The fourth-order valence-electron chi connectivity index (χ4n) is 2.64. The molecule has 26 heavy (non-hydrogen) atoms. The number of amides is 2. The predicted molar refractivity (Wildman–Crippen MR) is 102 cm³/mol. The van der Waals surface area contributed by atoms with Crippen LogP contribution in [0.25, 0.3) is 11.0 Å². The molecule has 0 aliphatic rings. The molecule has 0 radical (unpaired) electrons. The van der Waals surface area contributed by atoms with Crippen molar-refractivity contribution in [3.8, 4) is 0 Å². The van der Waals surface area contributed by atoms with Crippen molar-refractivity contribution < 1.29 is 14.0 Å². The zero-order valence-electron chi connectivity index (χ0n) is 15.4. The van der Waals surface area contributed by atoms with E-state index in [-0.39, 0.29) is 18.0 Å². The molecule has 140 valence electrons. The van der Waals surface area contributed by atoms with E-state index in [1.165, 1.54) is 6.07 Å². The summed E-state index contributed by atoms with van der Waals surface area (Å²) >= 11 is 0. The number of nitrogens with one attached hydrogen (secondary N) is 2. The van der Waals surface area contributed by atoms with Gasteiger partial charge >= 0.3 is 5.63 Å². The molecule has 0 saturated heterocycles. The van der Waals surface area contributed by atoms with Gasteiger partial charge in [-0.3, -0.25) is 9.59 Å². The van der Waals surface area contributed by atoms with Crippen LogP contribution < -0.4 is 21.2 Å². The molecule has 2 aromatic rings. The first kappa shape index (κ1) is 19.5. The van der Waals surface area contributed by atoms with Crippen LogP contribution in [-0.4, -0.2) is 38.0 Å². The first-order chi connectivity index (χ1) is 12.5. The van der Waals surface area contributed by atoms with E-state index in [2.05, 4.69) is 29.4 Å². The van der Waals surface area contributed by atoms with Crippen molar-refractivity contribution in [2.75, 3.05) is 31.1 Å². The van der Waals surface area contributed by atoms with Gasteiger partial charge in [0.1, 0.15) is 11.1 Å². The number of anilines is 1. The molecule has 7 nitrogen and oxygen atoms in total. The molecule has 1 heterocycles. The van der Waals surface area contributed by atoms with Crippen LogP contribution in [0.5, 0.6) is 0 Å². The number of hydrogen-bond acceptors (Lipinski definition) is 5. The molecule has 7 heteroatoms. The average Bonchev–Trinajstić information content (AvgIpc) is 2.65. The second-order valence-corrected chi connectivity index (χ2v) is 5.80. The Bertz CT molecular complexity index is 840. The summed E-state index contributed by atoms with van der Waals surface area (Å²) < 4.78 is 5.34. The normalized spacial score (nSPS) is 10.6. The predicted octanol–water partition coefficient (Wildman–Crippen LogP) is 1.90. The highest BCUT2D eigenvalue weighted by Crippen LogP contribution is 2.21. The molecule has 0 bridgehead atoms. The van der Waals surface area contributed by atoms with Crippen LogP contribution in [0.1, 0.15) is 37.6 Å². The van der Waals surface area contributed by atoms with Gasteiger partial charge in [0.15, 0.2) is 0 Å². The Morgan fingerprint density at radius 1 is 1.04 bits per heavy atom. The van der Waals surface area contributed by atoms with E-state index < -0.39 is 11.5 Å². The fraction of sp³-hybridized carbons (Fsp3) is 0.421. The summed E-state index contributed by atoms with van der Waals surface area (Å²) in [6.45, 7) is 8.11. The van der Waals surface area contributed by atoms with Crippen LogP contribution >= 0.6 is 0 Å². The highest BCUT2D eigenvalue weighted by atomic mass is 16.4. The van der Waals surface area contributed by atoms with E-state index in [9.17, 15) is 14.4 Å². The third kappa shape index (κ3) is 4.62. The molecular weight excluding hydrogens is 334 g/mol. The summed E-state index contributed by atoms with van der Waals surface area (Å²) in [6, 6.07) is 7.13.